The van der Waals surface area contributed by atoms with Crippen molar-refractivity contribution in [2.24, 2.45) is 0 Å². The third-order valence-corrected chi connectivity index (χ3v) is 5.13. The minimum absolute atomic E-state index is 0.426. The molecule has 2 aromatic carbocycles. The Morgan fingerprint density at radius 2 is 1.66 bits per heavy atom. The van der Waals surface area contributed by atoms with Gasteiger partial charge in [-0.3, -0.25) is 0 Å². The summed E-state index contributed by atoms with van der Waals surface area (Å²) in [5.41, 5.74) is 1.88. The number of hydrogen-bond acceptors (Lipinski definition) is 7. The standard InChI is InChI=1S/C20H20Cl2N6O/c21-16-7-6-15(12-17(16)22)24-19-25-18(23-13-14-4-2-1-3-5-14)26-20(27-19)28-8-10-29-11-9-28/h1-7,12H,8-11,13H2,(H2,23,24,25,26,27). The van der Waals surface area contributed by atoms with Crippen LogP contribution in [0, 0.1) is 0 Å². The molecular formula is C20H20Cl2N6O. The molecule has 1 aromatic heterocycles. The maximum atomic E-state index is 6.12. The zero-order valence-electron chi connectivity index (χ0n) is 15.6. The Balaban J connectivity index is 1.59. The number of benzene rings is 2. The van der Waals surface area contributed by atoms with Crippen LogP contribution in [0.3, 0.4) is 0 Å². The zero-order valence-corrected chi connectivity index (χ0v) is 17.1. The molecule has 1 aliphatic rings. The number of halogens is 2. The van der Waals surface area contributed by atoms with Crippen LogP contribution in [-0.2, 0) is 11.3 Å². The largest absolute Gasteiger partial charge is 0.378 e. The van der Waals surface area contributed by atoms with E-state index in [0.717, 1.165) is 24.3 Å². The van der Waals surface area contributed by atoms with E-state index in [2.05, 4.69) is 30.5 Å². The molecule has 0 saturated carbocycles. The van der Waals surface area contributed by atoms with Crippen LogP contribution in [0.25, 0.3) is 0 Å². The molecule has 3 aromatic rings. The van der Waals surface area contributed by atoms with E-state index in [-0.39, 0.29) is 0 Å². The molecule has 0 radical (unpaired) electrons. The summed E-state index contributed by atoms with van der Waals surface area (Å²) >= 11 is 12.1. The van der Waals surface area contributed by atoms with Gasteiger partial charge in [0.2, 0.25) is 17.8 Å². The maximum absolute atomic E-state index is 6.12. The highest BCUT2D eigenvalue weighted by molar-refractivity contribution is 6.42. The summed E-state index contributed by atoms with van der Waals surface area (Å²) in [6, 6.07) is 15.4. The monoisotopic (exact) mass is 430 g/mol. The van der Waals surface area contributed by atoms with Crippen molar-refractivity contribution in [1.29, 1.82) is 0 Å². The Hall–Kier alpha value is -2.61. The number of anilines is 4. The van der Waals surface area contributed by atoms with Crippen LogP contribution in [0.15, 0.2) is 48.5 Å². The minimum Gasteiger partial charge on any atom is -0.378 e. The second kappa shape index (κ2) is 9.26. The Labute approximate surface area is 179 Å². The molecule has 2 heterocycles. The third kappa shape index (κ3) is 5.26. The predicted octanol–water partition coefficient (Wildman–Crippen LogP) is 4.37. The van der Waals surface area contributed by atoms with Crippen molar-refractivity contribution < 1.29 is 4.74 Å². The lowest BCUT2D eigenvalue weighted by Crippen LogP contribution is -2.37. The molecule has 0 unspecified atom stereocenters. The highest BCUT2D eigenvalue weighted by Gasteiger charge is 2.17. The van der Waals surface area contributed by atoms with Crippen LogP contribution in [-0.4, -0.2) is 41.3 Å². The molecule has 0 bridgehead atoms. The van der Waals surface area contributed by atoms with Crippen molar-refractivity contribution in [1.82, 2.24) is 15.0 Å². The first-order chi connectivity index (χ1) is 14.2. The summed E-state index contributed by atoms with van der Waals surface area (Å²) in [5, 5.41) is 7.42. The Morgan fingerprint density at radius 1 is 0.897 bits per heavy atom. The van der Waals surface area contributed by atoms with Crippen molar-refractivity contribution in [2.45, 2.75) is 6.54 Å². The summed E-state index contributed by atoms with van der Waals surface area (Å²) < 4.78 is 5.44. The van der Waals surface area contributed by atoms with Gasteiger partial charge in [0.1, 0.15) is 0 Å². The Bertz CT molecular complexity index is 966. The molecule has 29 heavy (non-hydrogen) atoms. The average Bonchev–Trinajstić information content (AvgIpc) is 2.76. The van der Waals surface area contributed by atoms with E-state index in [0.29, 0.717) is 47.6 Å². The first-order valence-electron chi connectivity index (χ1n) is 9.26. The van der Waals surface area contributed by atoms with Crippen molar-refractivity contribution in [2.75, 3.05) is 41.8 Å². The van der Waals surface area contributed by atoms with Crippen molar-refractivity contribution in [3.63, 3.8) is 0 Å². The van der Waals surface area contributed by atoms with E-state index in [9.17, 15) is 0 Å². The normalized spacial score (nSPS) is 13.9. The molecule has 7 nitrogen and oxygen atoms in total. The molecule has 0 atom stereocenters. The molecule has 0 aliphatic carbocycles. The molecule has 0 spiro atoms. The average molecular weight is 431 g/mol. The zero-order chi connectivity index (χ0) is 20.1. The van der Waals surface area contributed by atoms with Gasteiger partial charge in [0, 0.05) is 25.3 Å². The quantitative estimate of drug-likeness (QED) is 0.600. The number of rotatable bonds is 6. The lowest BCUT2D eigenvalue weighted by molar-refractivity contribution is 0.122. The minimum atomic E-state index is 0.426. The maximum Gasteiger partial charge on any atom is 0.233 e. The van der Waals surface area contributed by atoms with E-state index in [1.807, 2.05) is 36.4 Å². The highest BCUT2D eigenvalue weighted by atomic mass is 35.5. The van der Waals surface area contributed by atoms with E-state index in [1.165, 1.54) is 0 Å². The Kier molecular flexibility index (Phi) is 6.29. The van der Waals surface area contributed by atoms with Gasteiger partial charge >= 0.3 is 0 Å². The number of nitrogens with zero attached hydrogens (tertiary/aromatic N) is 4. The van der Waals surface area contributed by atoms with Crippen molar-refractivity contribution in [3.8, 4) is 0 Å². The first-order valence-corrected chi connectivity index (χ1v) is 10.0. The summed E-state index contributed by atoms with van der Waals surface area (Å²) in [6.07, 6.45) is 0. The fourth-order valence-corrected chi connectivity index (χ4v) is 3.18. The number of hydrogen-bond donors (Lipinski definition) is 2. The van der Waals surface area contributed by atoms with Gasteiger partial charge in [0.05, 0.1) is 23.3 Å². The van der Waals surface area contributed by atoms with Gasteiger partial charge in [-0.15, -0.1) is 0 Å². The van der Waals surface area contributed by atoms with Crippen molar-refractivity contribution >= 4 is 46.7 Å². The van der Waals surface area contributed by atoms with Crippen LogP contribution >= 0.6 is 23.2 Å². The summed E-state index contributed by atoms with van der Waals surface area (Å²) in [7, 11) is 0. The van der Waals surface area contributed by atoms with Gasteiger partial charge < -0.3 is 20.3 Å². The van der Waals surface area contributed by atoms with Crippen LogP contribution in [0.5, 0.6) is 0 Å². The SMILES string of the molecule is Clc1ccc(Nc2nc(NCc3ccccc3)nc(N3CCOCC3)n2)cc1Cl. The third-order valence-electron chi connectivity index (χ3n) is 4.39. The number of ether oxygens (including phenoxy) is 1. The van der Waals surface area contributed by atoms with E-state index >= 15 is 0 Å². The predicted molar refractivity (Wildman–Crippen MR) is 116 cm³/mol. The van der Waals surface area contributed by atoms with Gasteiger partial charge in [-0.25, -0.2) is 0 Å². The van der Waals surface area contributed by atoms with E-state index in [1.54, 1.807) is 12.1 Å². The Morgan fingerprint density at radius 3 is 2.41 bits per heavy atom. The highest BCUT2D eigenvalue weighted by Crippen LogP contribution is 2.27. The van der Waals surface area contributed by atoms with Crippen LogP contribution in [0.1, 0.15) is 5.56 Å². The van der Waals surface area contributed by atoms with Crippen LogP contribution in [0.2, 0.25) is 10.0 Å². The fourth-order valence-electron chi connectivity index (χ4n) is 2.88. The fraction of sp³-hybridized carbons (Fsp3) is 0.250. The van der Waals surface area contributed by atoms with Crippen LogP contribution in [0.4, 0.5) is 23.5 Å². The lowest BCUT2D eigenvalue weighted by Gasteiger charge is -2.27. The molecule has 2 N–H and O–H groups in total. The summed E-state index contributed by atoms with van der Waals surface area (Å²) in [6.45, 7) is 3.37. The van der Waals surface area contributed by atoms with E-state index < -0.39 is 0 Å². The molecule has 1 fully saturated rings. The topological polar surface area (TPSA) is 75.2 Å². The van der Waals surface area contributed by atoms with Crippen molar-refractivity contribution in [3.05, 3.63) is 64.1 Å². The summed E-state index contributed by atoms with van der Waals surface area (Å²) in [4.78, 5) is 15.8. The van der Waals surface area contributed by atoms with Gasteiger partial charge in [0.15, 0.2) is 0 Å². The molecule has 4 rings (SSSR count). The molecule has 0 amide bonds. The number of aromatic nitrogens is 3. The molecule has 1 saturated heterocycles. The summed E-state index contributed by atoms with van der Waals surface area (Å²) in [5.74, 6) is 1.52. The van der Waals surface area contributed by atoms with Crippen LogP contribution < -0.4 is 15.5 Å². The smallest absolute Gasteiger partial charge is 0.233 e. The first kappa shape index (κ1) is 19.7. The second-order valence-corrected chi connectivity index (χ2v) is 7.29. The van der Waals surface area contributed by atoms with Gasteiger partial charge in [-0.2, -0.15) is 15.0 Å². The molecule has 9 heteroatoms. The second-order valence-electron chi connectivity index (χ2n) is 6.48. The number of nitrogens with one attached hydrogen (secondary N) is 2. The molecule has 150 valence electrons. The van der Waals surface area contributed by atoms with E-state index in [4.69, 9.17) is 27.9 Å². The lowest BCUT2D eigenvalue weighted by atomic mass is 10.2. The van der Waals surface area contributed by atoms with Gasteiger partial charge in [0.25, 0.3) is 0 Å². The van der Waals surface area contributed by atoms with Gasteiger partial charge in [-0.1, -0.05) is 53.5 Å². The number of morpholine rings is 1. The molecular weight excluding hydrogens is 411 g/mol. The molecule has 1 aliphatic heterocycles. The van der Waals surface area contributed by atoms with Gasteiger partial charge in [-0.05, 0) is 23.8 Å².